The minimum Gasteiger partial charge on any atom is -0.387 e. The van der Waals surface area contributed by atoms with Crippen LogP contribution in [0, 0.1) is 17.8 Å². The summed E-state index contributed by atoms with van der Waals surface area (Å²) in [5.41, 5.74) is 0. The van der Waals surface area contributed by atoms with Crippen LogP contribution in [0.1, 0.15) is 32.6 Å². The molecule has 166 valence electrons. The highest BCUT2D eigenvalue weighted by Gasteiger charge is 2.57. The van der Waals surface area contributed by atoms with Gasteiger partial charge in [0.1, 0.15) is 30.7 Å². The maximum atomic E-state index is 14.8. The molecule has 5 aliphatic rings. The monoisotopic (exact) mass is 433 g/mol. The van der Waals surface area contributed by atoms with Crippen molar-refractivity contribution in [3.63, 3.8) is 0 Å². The topological polar surface area (TPSA) is 86.2 Å². The highest BCUT2D eigenvalue weighted by atomic mass is 35.5. The van der Waals surface area contributed by atoms with Crippen LogP contribution in [0.15, 0.2) is 0 Å². The molecule has 0 spiro atoms. The standard InChI is InChI=1S/C20H33ClFN3O4/c1-9-14-13(22)7-25(19(14)24-8-23-9)20-16(27)15(26)18(29-20)17-12-3-2-11(21)6-10(12)4-5-28-17/h9-20,23-24,26-27H,2-8H2,1H3/t9?,10?,11?,12?,13?,14?,15-,16+,17+,18-,19?,20+/m0/s1. The summed E-state index contributed by atoms with van der Waals surface area (Å²) < 4.78 is 27.1. The number of likely N-dealkylation sites (tertiary alicyclic amines) is 1. The van der Waals surface area contributed by atoms with E-state index in [9.17, 15) is 14.6 Å². The van der Waals surface area contributed by atoms with Gasteiger partial charge in [0, 0.05) is 37.2 Å². The highest BCUT2D eigenvalue weighted by Crippen LogP contribution is 2.45. The minimum atomic E-state index is -1.09. The van der Waals surface area contributed by atoms with Crippen molar-refractivity contribution in [3.8, 4) is 0 Å². The van der Waals surface area contributed by atoms with Gasteiger partial charge in [-0.25, -0.2) is 4.39 Å². The molecule has 0 aromatic rings. The Morgan fingerprint density at radius 1 is 1.10 bits per heavy atom. The largest absolute Gasteiger partial charge is 0.387 e. The Balaban J connectivity index is 1.33. The van der Waals surface area contributed by atoms with Crippen molar-refractivity contribution in [2.24, 2.45) is 17.8 Å². The molecule has 9 heteroatoms. The fraction of sp³-hybridized carbons (Fsp3) is 1.00. The lowest BCUT2D eigenvalue weighted by Gasteiger charge is -2.45. The first kappa shape index (κ1) is 20.8. The fourth-order valence-corrected chi connectivity index (χ4v) is 6.82. The van der Waals surface area contributed by atoms with Gasteiger partial charge in [0.15, 0.2) is 0 Å². The van der Waals surface area contributed by atoms with Crippen molar-refractivity contribution >= 4 is 11.6 Å². The first-order valence-electron chi connectivity index (χ1n) is 11.1. The predicted octanol–water partition coefficient (Wildman–Crippen LogP) is 0.381. The molecule has 29 heavy (non-hydrogen) atoms. The number of aliphatic hydroxyl groups is 2. The summed E-state index contributed by atoms with van der Waals surface area (Å²) >= 11 is 6.38. The normalized spacial score (nSPS) is 56.2. The van der Waals surface area contributed by atoms with Crippen molar-refractivity contribution < 1.29 is 24.1 Å². The van der Waals surface area contributed by atoms with E-state index in [2.05, 4.69) is 10.6 Å². The molecule has 4 saturated heterocycles. The van der Waals surface area contributed by atoms with E-state index in [-0.39, 0.29) is 42.1 Å². The van der Waals surface area contributed by atoms with E-state index in [1.165, 1.54) is 0 Å². The smallest absolute Gasteiger partial charge is 0.141 e. The number of alkyl halides is 2. The van der Waals surface area contributed by atoms with Crippen LogP contribution in [-0.4, -0.2) is 89.3 Å². The van der Waals surface area contributed by atoms with Gasteiger partial charge in [0.2, 0.25) is 0 Å². The second kappa shape index (κ2) is 8.13. The van der Waals surface area contributed by atoms with E-state index >= 15 is 0 Å². The molecule has 1 aliphatic carbocycles. The van der Waals surface area contributed by atoms with Crippen LogP contribution in [0.25, 0.3) is 0 Å². The number of nitrogens with one attached hydrogen (secondary N) is 2. The SMILES string of the molecule is CC1NCNC2C1C(F)CN2[C@@H]1O[C@H]([C@@H]2OCCC3CC(Cl)CCC32)[C@@H](O)[C@H]1O. The molecule has 12 atom stereocenters. The maximum absolute atomic E-state index is 14.8. The number of aliphatic hydroxyl groups excluding tert-OH is 2. The third-order valence-electron chi connectivity index (χ3n) is 7.96. The van der Waals surface area contributed by atoms with Crippen LogP contribution >= 0.6 is 11.6 Å². The van der Waals surface area contributed by atoms with Crippen molar-refractivity contribution in [1.29, 1.82) is 0 Å². The van der Waals surface area contributed by atoms with E-state index < -0.39 is 30.7 Å². The Kier molecular flexibility index (Phi) is 5.84. The molecule has 0 amide bonds. The first-order chi connectivity index (χ1) is 14.0. The summed E-state index contributed by atoms with van der Waals surface area (Å²) in [4.78, 5) is 1.86. The highest BCUT2D eigenvalue weighted by molar-refractivity contribution is 6.20. The molecule has 0 radical (unpaired) electrons. The summed E-state index contributed by atoms with van der Waals surface area (Å²) in [6.45, 7) is 3.37. The second-order valence-corrected chi connectivity index (χ2v) is 10.2. The van der Waals surface area contributed by atoms with Crippen LogP contribution in [0.3, 0.4) is 0 Å². The van der Waals surface area contributed by atoms with Gasteiger partial charge in [-0.15, -0.1) is 11.6 Å². The fourth-order valence-electron chi connectivity index (χ4n) is 6.46. The average molecular weight is 434 g/mol. The van der Waals surface area contributed by atoms with Gasteiger partial charge >= 0.3 is 0 Å². The zero-order chi connectivity index (χ0) is 20.3. The molecular weight excluding hydrogens is 401 g/mol. The van der Waals surface area contributed by atoms with Gasteiger partial charge in [0.05, 0.1) is 12.3 Å². The molecule has 4 N–H and O–H groups in total. The molecule has 0 aromatic heterocycles. The van der Waals surface area contributed by atoms with E-state index in [1.54, 1.807) is 0 Å². The third kappa shape index (κ3) is 3.53. The second-order valence-electron chi connectivity index (χ2n) is 9.54. The Morgan fingerprint density at radius 3 is 2.76 bits per heavy atom. The number of rotatable bonds is 2. The minimum absolute atomic E-state index is 0.0358. The molecule has 4 aliphatic heterocycles. The Morgan fingerprint density at radius 2 is 1.93 bits per heavy atom. The van der Waals surface area contributed by atoms with Crippen LogP contribution in [0.5, 0.6) is 0 Å². The average Bonchev–Trinajstić information content (AvgIpc) is 3.19. The maximum Gasteiger partial charge on any atom is 0.141 e. The third-order valence-corrected chi connectivity index (χ3v) is 8.36. The molecule has 1 saturated carbocycles. The van der Waals surface area contributed by atoms with Gasteiger partial charge in [0.25, 0.3) is 0 Å². The van der Waals surface area contributed by atoms with E-state index in [0.29, 0.717) is 19.2 Å². The van der Waals surface area contributed by atoms with E-state index in [1.807, 2.05) is 11.8 Å². The first-order valence-corrected chi connectivity index (χ1v) is 11.5. The van der Waals surface area contributed by atoms with Crippen LogP contribution in [-0.2, 0) is 9.47 Å². The Bertz CT molecular complexity index is 606. The lowest BCUT2D eigenvalue weighted by Crippen LogP contribution is -2.62. The molecule has 5 rings (SSSR count). The molecular formula is C20H33ClFN3O4. The number of hydrogen-bond donors (Lipinski definition) is 4. The van der Waals surface area contributed by atoms with Crippen molar-refractivity contribution in [1.82, 2.24) is 15.5 Å². The van der Waals surface area contributed by atoms with Gasteiger partial charge in [-0.1, -0.05) is 0 Å². The Hall–Kier alpha value is -0.0600. The molecule has 0 aromatic carbocycles. The zero-order valence-electron chi connectivity index (χ0n) is 16.8. The predicted molar refractivity (Wildman–Crippen MR) is 105 cm³/mol. The number of fused-ring (bicyclic) bond motifs is 2. The van der Waals surface area contributed by atoms with Crippen LogP contribution in [0.4, 0.5) is 4.39 Å². The quantitative estimate of drug-likeness (QED) is 0.468. The lowest BCUT2D eigenvalue weighted by atomic mass is 9.71. The number of nitrogens with zero attached hydrogens (tertiary/aromatic N) is 1. The van der Waals surface area contributed by atoms with Crippen molar-refractivity contribution in [2.75, 3.05) is 19.8 Å². The zero-order valence-corrected chi connectivity index (χ0v) is 17.5. The molecule has 4 heterocycles. The molecule has 5 fully saturated rings. The summed E-state index contributed by atoms with van der Waals surface area (Å²) in [5, 5.41) is 28.5. The lowest BCUT2D eigenvalue weighted by molar-refractivity contribution is -0.174. The van der Waals surface area contributed by atoms with Crippen LogP contribution < -0.4 is 10.6 Å². The number of halogens is 2. The van der Waals surface area contributed by atoms with Gasteiger partial charge in [-0.3, -0.25) is 10.2 Å². The molecule has 7 unspecified atom stereocenters. The Labute approximate surface area is 176 Å². The van der Waals surface area contributed by atoms with E-state index in [4.69, 9.17) is 21.1 Å². The molecule has 7 nitrogen and oxygen atoms in total. The number of hydrogen-bond acceptors (Lipinski definition) is 7. The summed E-state index contributed by atoms with van der Waals surface area (Å²) in [6, 6.07) is 0.0358. The summed E-state index contributed by atoms with van der Waals surface area (Å²) in [7, 11) is 0. The summed E-state index contributed by atoms with van der Waals surface area (Å²) in [6.07, 6.45) is -1.15. The van der Waals surface area contributed by atoms with Crippen molar-refractivity contribution in [3.05, 3.63) is 0 Å². The summed E-state index contributed by atoms with van der Waals surface area (Å²) in [5.74, 6) is 0.530. The van der Waals surface area contributed by atoms with Gasteiger partial charge in [-0.2, -0.15) is 0 Å². The van der Waals surface area contributed by atoms with Crippen LogP contribution in [0.2, 0.25) is 0 Å². The molecule has 0 bridgehead atoms. The van der Waals surface area contributed by atoms with Gasteiger partial charge in [-0.05, 0) is 44.4 Å². The van der Waals surface area contributed by atoms with Gasteiger partial charge < -0.3 is 25.0 Å². The van der Waals surface area contributed by atoms with Crippen molar-refractivity contribution in [2.45, 2.75) is 87.0 Å². The number of ether oxygens (including phenoxy) is 2. The van der Waals surface area contributed by atoms with E-state index in [0.717, 1.165) is 25.7 Å².